The Bertz CT molecular complexity index is 823. The van der Waals surface area contributed by atoms with E-state index in [1.54, 1.807) is 22.9 Å². The highest BCUT2D eigenvalue weighted by Crippen LogP contribution is 2.20. The van der Waals surface area contributed by atoms with Gasteiger partial charge in [0.2, 0.25) is 0 Å². The third-order valence-electron chi connectivity index (χ3n) is 4.13. The van der Waals surface area contributed by atoms with Crippen LogP contribution in [-0.4, -0.2) is 62.7 Å². The number of carbonyl (C=O) groups excluding carboxylic acids is 1. The molecule has 0 bridgehead atoms. The number of halogens is 1. The highest BCUT2D eigenvalue weighted by atomic mass is 35.5. The van der Waals surface area contributed by atoms with Gasteiger partial charge in [0.25, 0.3) is 5.91 Å². The maximum Gasteiger partial charge on any atom is 0.334 e. The van der Waals surface area contributed by atoms with Crippen LogP contribution in [0.15, 0.2) is 24.3 Å². The SMILES string of the molecule is CCCc1c(C(=O)N2CCOC(C(=O)O)C2)nnn1-c1cccc(Cl)c1. The quantitative estimate of drug-likeness (QED) is 0.852. The summed E-state index contributed by atoms with van der Waals surface area (Å²) in [4.78, 5) is 25.5. The summed E-state index contributed by atoms with van der Waals surface area (Å²) < 4.78 is 6.78. The Kier molecular flexibility index (Phi) is 5.53. The molecule has 1 atom stereocenters. The van der Waals surface area contributed by atoms with Gasteiger partial charge in [-0.25, -0.2) is 9.48 Å². The zero-order chi connectivity index (χ0) is 18.7. The average molecular weight is 379 g/mol. The second kappa shape index (κ2) is 7.84. The Morgan fingerprint density at radius 2 is 2.23 bits per heavy atom. The first-order valence-corrected chi connectivity index (χ1v) is 8.73. The number of carboxylic acids is 1. The topological polar surface area (TPSA) is 97.6 Å². The number of aromatic nitrogens is 3. The second-order valence-corrected chi connectivity index (χ2v) is 6.41. The van der Waals surface area contributed by atoms with E-state index in [0.29, 0.717) is 23.7 Å². The molecule has 3 rings (SSSR count). The van der Waals surface area contributed by atoms with Gasteiger partial charge in [0.1, 0.15) is 0 Å². The monoisotopic (exact) mass is 378 g/mol. The van der Waals surface area contributed by atoms with E-state index >= 15 is 0 Å². The predicted octanol–water partition coefficient (Wildman–Crippen LogP) is 1.80. The smallest absolute Gasteiger partial charge is 0.334 e. The van der Waals surface area contributed by atoms with E-state index in [9.17, 15) is 9.59 Å². The normalized spacial score (nSPS) is 17.3. The molecule has 0 aliphatic carbocycles. The van der Waals surface area contributed by atoms with Crippen LogP contribution in [0.3, 0.4) is 0 Å². The van der Waals surface area contributed by atoms with Crippen molar-refractivity contribution in [2.24, 2.45) is 0 Å². The molecule has 1 amide bonds. The number of ether oxygens (including phenoxy) is 1. The molecule has 1 aliphatic rings. The van der Waals surface area contributed by atoms with Crippen LogP contribution in [-0.2, 0) is 16.0 Å². The number of amides is 1. The summed E-state index contributed by atoms with van der Waals surface area (Å²) in [5.41, 5.74) is 1.63. The van der Waals surface area contributed by atoms with Gasteiger partial charge in [0.15, 0.2) is 11.8 Å². The van der Waals surface area contributed by atoms with Gasteiger partial charge in [-0.3, -0.25) is 4.79 Å². The van der Waals surface area contributed by atoms with Crippen LogP contribution in [0.25, 0.3) is 5.69 Å². The molecule has 1 unspecified atom stereocenters. The predicted molar refractivity (Wildman–Crippen MR) is 93.6 cm³/mol. The lowest BCUT2D eigenvalue weighted by Gasteiger charge is -2.30. The lowest BCUT2D eigenvalue weighted by molar-refractivity contribution is -0.154. The molecule has 8 nitrogen and oxygen atoms in total. The first-order chi connectivity index (χ1) is 12.5. The summed E-state index contributed by atoms with van der Waals surface area (Å²) in [7, 11) is 0. The van der Waals surface area contributed by atoms with Crippen LogP contribution in [0.1, 0.15) is 29.5 Å². The van der Waals surface area contributed by atoms with Gasteiger partial charge >= 0.3 is 5.97 Å². The fraction of sp³-hybridized carbons (Fsp3) is 0.412. The molecule has 2 aromatic rings. The van der Waals surface area contributed by atoms with E-state index in [1.807, 2.05) is 13.0 Å². The van der Waals surface area contributed by atoms with E-state index in [-0.39, 0.29) is 24.8 Å². The van der Waals surface area contributed by atoms with Gasteiger partial charge in [0.05, 0.1) is 24.5 Å². The molecule has 1 fully saturated rings. The minimum atomic E-state index is -1.08. The van der Waals surface area contributed by atoms with Crippen molar-refractivity contribution in [3.63, 3.8) is 0 Å². The summed E-state index contributed by atoms with van der Waals surface area (Å²) in [6, 6.07) is 7.14. The van der Waals surface area contributed by atoms with Crippen LogP contribution in [0, 0.1) is 0 Å². The van der Waals surface area contributed by atoms with Gasteiger partial charge in [-0.05, 0) is 24.6 Å². The van der Waals surface area contributed by atoms with Crippen molar-refractivity contribution < 1.29 is 19.4 Å². The number of carbonyl (C=O) groups is 2. The Morgan fingerprint density at radius 3 is 2.92 bits per heavy atom. The number of carboxylic acid groups (broad SMARTS) is 1. The molecule has 26 heavy (non-hydrogen) atoms. The number of nitrogens with zero attached hydrogens (tertiary/aromatic N) is 4. The highest BCUT2D eigenvalue weighted by Gasteiger charge is 2.32. The van der Waals surface area contributed by atoms with Crippen molar-refractivity contribution in [3.05, 3.63) is 40.7 Å². The summed E-state index contributed by atoms with van der Waals surface area (Å²) >= 11 is 6.05. The molecule has 1 aromatic heterocycles. The van der Waals surface area contributed by atoms with Crippen LogP contribution < -0.4 is 0 Å². The molecule has 1 aromatic carbocycles. The Balaban J connectivity index is 1.92. The molecule has 1 aliphatic heterocycles. The van der Waals surface area contributed by atoms with Crippen LogP contribution >= 0.6 is 11.6 Å². The third-order valence-corrected chi connectivity index (χ3v) is 4.37. The Hall–Kier alpha value is -2.45. The van der Waals surface area contributed by atoms with Crippen molar-refractivity contribution >= 4 is 23.5 Å². The molecule has 9 heteroatoms. The van der Waals surface area contributed by atoms with Gasteiger partial charge in [-0.15, -0.1) is 5.10 Å². The van der Waals surface area contributed by atoms with Crippen molar-refractivity contribution in [1.82, 2.24) is 19.9 Å². The number of hydrogen-bond donors (Lipinski definition) is 1. The van der Waals surface area contributed by atoms with E-state index < -0.39 is 12.1 Å². The molecular weight excluding hydrogens is 360 g/mol. The molecule has 0 saturated carbocycles. The van der Waals surface area contributed by atoms with Crippen molar-refractivity contribution in [3.8, 4) is 5.69 Å². The number of benzene rings is 1. The van der Waals surface area contributed by atoms with Gasteiger partial charge in [-0.2, -0.15) is 0 Å². The number of rotatable bonds is 5. The Labute approximate surface area is 155 Å². The standard InChI is InChI=1S/C17H19ClN4O4/c1-2-4-13-15(16(23)21-7-8-26-14(10-21)17(24)25)19-20-22(13)12-6-3-5-11(18)9-12/h3,5-6,9,14H,2,4,7-8,10H2,1H3,(H,24,25). The van der Waals surface area contributed by atoms with Crippen LogP contribution in [0.4, 0.5) is 0 Å². The second-order valence-electron chi connectivity index (χ2n) is 5.98. The Morgan fingerprint density at radius 1 is 1.42 bits per heavy atom. The lowest BCUT2D eigenvalue weighted by Crippen LogP contribution is -2.48. The van der Waals surface area contributed by atoms with Crippen molar-refractivity contribution in [2.75, 3.05) is 19.7 Å². The van der Waals surface area contributed by atoms with E-state index in [4.69, 9.17) is 21.4 Å². The van der Waals surface area contributed by atoms with Gasteiger partial charge in [-0.1, -0.05) is 36.2 Å². The molecule has 138 valence electrons. The zero-order valence-corrected chi connectivity index (χ0v) is 15.0. The zero-order valence-electron chi connectivity index (χ0n) is 14.3. The van der Waals surface area contributed by atoms with Crippen LogP contribution in [0.2, 0.25) is 5.02 Å². The maximum absolute atomic E-state index is 12.9. The lowest BCUT2D eigenvalue weighted by atomic mass is 10.1. The summed E-state index contributed by atoms with van der Waals surface area (Å²) in [6.07, 6.45) is 0.382. The number of aliphatic carboxylic acids is 1. The molecule has 0 radical (unpaired) electrons. The summed E-state index contributed by atoms with van der Waals surface area (Å²) in [6.45, 7) is 2.48. The fourth-order valence-corrected chi connectivity index (χ4v) is 3.06. The molecule has 1 N–H and O–H groups in total. The van der Waals surface area contributed by atoms with Gasteiger partial charge < -0.3 is 14.7 Å². The minimum absolute atomic E-state index is 0.0102. The largest absolute Gasteiger partial charge is 0.479 e. The third kappa shape index (κ3) is 3.71. The van der Waals surface area contributed by atoms with Crippen molar-refractivity contribution in [2.45, 2.75) is 25.9 Å². The minimum Gasteiger partial charge on any atom is -0.479 e. The average Bonchev–Trinajstić information content (AvgIpc) is 3.05. The van der Waals surface area contributed by atoms with E-state index in [2.05, 4.69) is 10.3 Å². The number of hydrogen-bond acceptors (Lipinski definition) is 5. The van der Waals surface area contributed by atoms with Gasteiger partial charge in [0, 0.05) is 11.6 Å². The summed E-state index contributed by atoms with van der Waals surface area (Å²) in [5, 5.41) is 17.9. The highest BCUT2D eigenvalue weighted by molar-refractivity contribution is 6.30. The number of morpholine rings is 1. The maximum atomic E-state index is 12.9. The van der Waals surface area contributed by atoms with Crippen LogP contribution in [0.5, 0.6) is 0 Å². The summed E-state index contributed by atoms with van der Waals surface area (Å²) in [5.74, 6) is -1.42. The van der Waals surface area contributed by atoms with E-state index in [1.165, 1.54) is 4.90 Å². The van der Waals surface area contributed by atoms with E-state index in [0.717, 1.165) is 12.1 Å². The first-order valence-electron chi connectivity index (χ1n) is 8.35. The molecule has 0 spiro atoms. The fourth-order valence-electron chi connectivity index (χ4n) is 2.88. The molecule has 1 saturated heterocycles. The first kappa shape index (κ1) is 18.3. The van der Waals surface area contributed by atoms with Crippen molar-refractivity contribution in [1.29, 1.82) is 0 Å². The molecular formula is C17H19ClN4O4. The molecule has 2 heterocycles.